The van der Waals surface area contributed by atoms with Crippen LogP contribution in [0.2, 0.25) is 0 Å². The lowest BCUT2D eigenvalue weighted by Crippen LogP contribution is -2.17. The number of aryl methyl sites for hydroxylation is 1. The predicted octanol–water partition coefficient (Wildman–Crippen LogP) is 7.31. The molecule has 0 aliphatic rings. The first-order chi connectivity index (χ1) is 17.0. The first-order valence-corrected chi connectivity index (χ1v) is 12.5. The number of aromatic nitrogens is 1. The third-order valence-corrected chi connectivity index (χ3v) is 6.46. The topological polar surface area (TPSA) is 55.6 Å². The van der Waals surface area contributed by atoms with E-state index < -0.39 is 0 Å². The van der Waals surface area contributed by atoms with Crippen molar-refractivity contribution >= 4 is 44.0 Å². The van der Waals surface area contributed by atoms with Crippen molar-refractivity contribution in [3.8, 4) is 22.7 Å². The average Bonchev–Trinajstić information content (AvgIpc) is 3.25. The molecule has 0 radical (unpaired) electrons. The number of halogens is 2. The maximum Gasteiger partial charge on any atom is 0.271 e. The van der Waals surface area contributed by atoms with E-state index in [0.29, 0.717) is 17.9 Å². The Bertz CT molecular complexity index is 1350. The lowest BCUT2D eigenvalue weighted by molar-refractivity contribution is 0.0955. The number of ether oxygens (including phenoxy) is 1. The van der Waals surface area contributed by atoms with Crippen LogP contribution in [-0.4, -0.2) is 23.3 Å². The molecule has 1 aromatic heterocycles. The number of benzene rings is 3. The number of rotatable bonds is 8. The average molecular weight is 593 g/mol. The van der Waals surface area contributed by atoms with Crippen molar-refractivity contribution in [1.82, 2.24) is 9.99 Å². The number of hydrogen-bond acceptors (Lipinski definition) is 3. The summed E-state index contributed by atoms with van der Waals surface area (Å²) in [6, 6.07) is 25.6. The van der Waals surface area contributed by atoms with Crippen molar-refractivity contribution in [1.29, 1.82) is 0 Å². The molecule has 0 bridgehead atoms. The molecule has 176 valence electrons. The summed E-state index contributed by atoms with van der Waals surface area (Å²) in [6.07, 6.45) is 3.26. The summed E-state index contributed by atoms with van der Waals surface area (Å²) >= 11 is 6.99. The van der Waals surface area contributed by atoms with Crippen LogP contribution in [0.5, 0.6) is 5.75 Å². The van der Waals surface area contributed by atoms with Gasteiger partial charge in [-0.05, 0) is 98.4 Å². The number of carbonyl (C=O) groups excluding carboxylic acids is 1. The summed E-state index contributed by atoms with van der Waals surface area (Å²) in [7, 11) is 0. The van der Waals surface area contributed by atoms with Crippen molar-refractivity contribution in [2.45, 2.75) is 6.92 Å². The van der Waals surface area contributed by atoms with Crippen LogP contribution in [0.25, 0.3) is 16.9 Å². The van der Waals surface area contributed by atoms with Gasteiger partial charge >= 0.3 is 0 Å². The first kappa shape index (κ1) is 24.7. The van der Waals surface area contributed by atoms with E-state index >= 15 is 0 Å². The molecule has 5 nitrogen and oxygen atoms in total. The van der Waals surface area contributed by atoms with Gasteiger partial charge in [-0.15, -0.1) is 0 Å². The molecule has 4 aromatic rings. The minimum Gasteiger partial charge on any atom is -0.487 e. The van der Waals surface area contributed by atoms with E-state index in [1.54, 1.807) is 24.4 Å². The number of hydrazone groups is 1. The molecule has 0 saturated carbocycles. The standard InChI is InChI=1S/C28H23Br2N3O2/c1-3-15-35-27-24(29)16-20(17-25(27)30)18-31-32-28(34)22-10-12-23(13-11-22)33-19(2)9-14-26(33)21-7-5-4-6-8-21/h3-14,16-18H,1,15H2,2H3,(H,32,34)/b31-18-. The van der Waals surface area contributed by atoms with Crippen LogP contribution in [0.1, 0.15) is 21.6 Å². The van der Waals surface area contributed by atoms with Gasteiger partial charge in [0.05, 0.1) is 20.9 Å². The van der Waals surface area contributed by atoms with Crippen molar-refractivity contribution in [3.05, 3.63) is 117 Å². The second kappa shape index (κ2) is 11.3. The Balaban J connectivity index is 1.46. The number of carbonyl (C=O) groups is 1. The van der Waals surface area contributed by atoms with Crippen molar-refractivity contribution in [3.63, 3.8) is 0 Å². The monoisotopic (exact) mass is 591 g/mol. The number of amides is 1. The van der Waals surface area contributed by atoms with Crippen LogP contribution in [0.15, 0.2) is 106 Å². The van der Waals surface area contributed by atoms with Crippen molar-refractivity contribution < 1.29 is 9.53 Å². The molecule has 1 N–H and O–H groups in total. The van der Waals surface area contributed by atoms with Gasteiger partial charge in [-0.1, -0.05) is 43.0 Å². The fraction of sp³-hybridized carbons (Fsp3) is 0.0714. The molecular weight excluding hydrogens is 570 g/mol. The third-order valence-electron chi connectivity index (χ3n) is 5.28. The van der Waals surface area contributed by atoms with Gasteiger partial charge in [0.2, 0.25) is 0 Å². The highest BCUT2D eigenvalue weighted by Crippen LogP contribution is 2.34. The lowest BCUT2D eigenvalue weighted by Gasteiger charge is -2.12. The smallest absolute Gasteiger partial charge is 0.271 e. The Kier molecular flexibility index (Phi) is 8.00. The van der Waals surface area contributed by atoms with Gasteiger partial charge in [0.1, 0.15) is 12.4 Å². The van der Waals surface area contributed by atoms with Gasteiger partial charge in [0.15, 0.2) is 0 Å². The number of hydrogen-bond donors (Lipinski definition) is 1. The molecule has 1 amide bonds. The summed E-state index contributed by atoms with van der Waals surface area (Å²) in [5.74, 6) is 0.393. The van der Waals surface area contributed by atoms with E-state index in [-0.39, 0.29) is 5.91 Å². The molecule has 0 fully saturated rings. The van der Waals surface area contributed by atoms with E-state index in [2.05, 4.69) is 84.7 Å². The molecule has 0 aliphatic heterocycles. The van der Waals surface area contributed by atoms with Crippen LogP contribution < -0.4 is 10.2 Å². The molecule has 35 heavy (non-hydrogen) atoms. The zero-order chi connectivity index (χ0) is 24.8. The Labute approximate surface area is 221 Å². The first-order valence-electron chi connectivity index (χ1n) is 10.9. The van der Waals surface area contributed by atoms with Crippen LogP contribution in [0.4, 0.5) is 0 Å². The van der Waals surface area contributed by atoms with Gasteiger partial charge in [-0.25, -0.2) is 5.43 Å². The summed E-state index contributed by atoms with van der Waals surface area (Å²) in [5, 5.41) is 4.10. The van der Waals surface area contributed by atoms with Crippen LogP contribution in [-0.2, 0) is 0 Å². The molecule has 1 heterocycles. The maximum absolute atomic E-state index is 12.6. The largest absolute Gasteiger partial charge is 0.487 e. The molecule has 0 aliphatic carbocycles. The van der Waals surface area contributed by atoms with Gasteiger partial charge in [-0.3, -0.25) is 4.79 Å². The SMILES string of the molecule is C=CCOc1c(Br)cc(/C=N\NC(=O)c2ccc(-n3c(C)ccc3-c3ccccc3)cc2)cc1Br. The quantitative estimate of drug-likeness (QED) is 0.132. The summed E-state index contributed by atoms with van der Waals surface area (Å²) in [5.41, 5.74) is 8.24. The van der Waals surface area contributed by atoms with E-state index in [1.807, 2.05) is 42.5 Å². The molecule has 0 saturated heterocycles. The van der Waals surface area contributed by atoms with Crippen LogP contribution in [0, 0.1) is 6.92 Å². The molecule has 7 heteroatoms. The molecular formula is C28H23Br2N3O2. The van der Waals surface area contributed by atoms with Gasteiger partial charge in [-0.2, -0.15) is 5.10 Å². The van der Waals surface area contributed by atoms with E-state index in [1.165, 1.54) is 0 Å². The van der Waals surface area contributed by atoms with Gasteiger partial charge in [0.25, 0.3) is 5.91 Å². The minimum absolute atomic E-state index is 0.288. The van der Waals surface area contributed by atoms with Gasteiger partial charge in [0, 0.05) is 16.9 Å². The molecule has 0 unspecified atom stereocenters. The zero-order valence-electron chi connectivity index (χ0n) is 19.0. The van der Waals surface area contributed by atoms with Gasteiger partial charge < -0.3 is 9.30 Å². The van der Waals surface area contributed by atoms with Crippen LogP contribution >= 0.6 is 31.9 Å². The Morgan fingerprint density at radius 2 is 1.71 bits per heavy atom. The molecule has 0 spiro atoms. The predicted molar refractivity (Wildman–Crippen MR) is 149 cm³/mol. The highest BCUT2D eigenvalue weighted by molar-refractivity contribution is 9.11. The fourth-order valence-electron chi connectivity index (χ4n) is 3.64. The third kappa shape index (κ3) is 5.81. The number of nitrogens with zero attached hydrogens (tertiary/aromatic N) is 2. The number of nitrogens with one attached hydrogen (secondary N) is 1. The van der Waals surface area contributed by atoms with E-state index in [0.717, 1.165) is 37.1 Å². The lowest BCUT2D eigenvalue weighted by atomic mass is 10.1. The zero-order valence-corrected chi connectivity index (χ0v) is 22.2. The summed E-state index contributed by atoms with van der Waals surface area (Å²) in [6.45, 7) is 6.12. The van der Waals surface area contributed by atoms with Crippen molar-refractivity contribution in [2.75, 3.05) is 6.61 Å². The Hall–Kier alpha value is -3.42. The Morgan fingerprint density at radius 1 is 1.03 bits per heavy atom. The minimum atomic E-state index is -0.288. The Morgan fingerprint density at radius 3 is 2.37 bits per heavy atom. The molecule has 0 atom stereocenters. The normalized spacial score (nSPS) is 10.9. The highest BCUT2D eigenvalue weighted by atomic mass is 79.9. The summed E-state index contributed by atoms with van der Waals surface area (Å²) < 4.78 is 9.34. The highest BCUT2D eigenvalue weighted by Gasteiger charge is 2.11. The van der Waals surface area contributed by atoms with E-state index in [4.69, 9.17) is 4.74 Å². The fourth-order valence-corrected chi connectivity index (χ4v) is 5.09. The maximum atomic E-state index is 12.6. The van der Waals surface area contributed by atoms with Crippen molar-refractivity contribution in [2.24, 2.45) is 5.10 Å². The second-order valence-electron chi connectivity index (χ2n) is 7.72. The summed E-state index contributed by atoms with van der Waals surface area (Å²) in [4.78, 5) is 12.6. The second-order valence-corrected chi connectivity index (χ2v) is 9.43. The molecule has 3 aromatic carbocycles. The molecule has 4 rings (SSSR count). The van der Waals surface area contributed by atoms with E-state index in [9.17, 15) is 4.79 Å². The van der Waals surface area contributed by atoms with Crippen LogP contribution in [0.3, 0.4) is 0 Å².